The Bertz CT molecular complexity index is 699. The summed E-state index contributed by atoms with van der Waals surface area (Å²) in [5.41, 5.74) is 6.07. The second-order valence-electron chi connectivity index (χ2n) is 3.95. The van der Waals surface area contributed by atoms with E-state index in [1.807, 2.05) is 0 Å². The van der Waals surface area contributed by atoms with Gasteiger partial charge in [-0.25, -0.2) is 12.8 Å². The van der Waals surface area contributed by atoms with E-state index in [-0.39, 0.29) is 10.6 Å². The van der Waals surface area contributed by atoms with Crippen molar-refractivity contribution in [1.29, 1.82) is 0 Å². The second-order valence-corrected chi connectivity index (χ2v) is 5.60. The third-order valence-electron chi connectivity index (χ3n) is 2.47. The van der Waals surface area contributed by atoms with Crippen LogP contribution in [-0.2, 0) is 10.0 Å². The number of pyridine rings is 1. The molecule has 0 atom stereocenters. The third kappa shape index (κ3) is 2.82. The standard InChI is InChI=1S/C12H12FN3O2S/c1-8-5-6-9(7-15-8)16-19(17,18)11-4-2-3-10(13)12(11)14/h2-7,16H,14H2,1H3. The molecule has 0 spiro atoms. The van der Waals surface area contributed by atoms with E-state index in [0.29, 0.717) is 0 Å². The summed E-state index contributed by atoms with van der Waals surface area (Å²) in [5.74, 6) is -0.773. The van der Waals surface area contributed by atoms with Gasteiger partial charge >= 0.3 is 0 Å². The molecular weight excluding hydrogens is 269 g/mol. The summed E-state index contributed by atoms with van der Waals surface area (Å²) < 4.78 is 39.7. The number of nitrogens with zero attached hydrogens (tertiary/aromatic N) is 1. The topological polar surface area (TPSA) is 85.1 Å². The van der Waals surface area contributed by atoms with Gasteiger partial charge in [0.2, 0.25) is 0 Å². The minimum atomic E-state index is -3.93. The fraction of sp³-hybridized carbons (Fsp3) is 0.0833. The Morgan fingerprint density at radius 1 is 1.26 bits per heavy atom. The molecule has 0 bridgehead atoms. The van der Waals surface area contributed by atoms with Crippen molar-refractivity contribution in [2.75, 3.05) is 10.5 Å². The number of rotatable bonds is 3. The van der Waals surface area contributed by atoms with Gasteiger partial charge in [-0.2, -0.15) is 0 Å². The van der Waals surface area contributed by atoms with Crippen LogP contribution in [-0.4, -0.2) is 13.4 Å². The molecular formula is C12H12FN3O2S. The molecule has 0 aliphatic rings. The maximum Gasteiger partial charge on any atom is 0.264 e. The first-order chi connectivity index (χ1) is 8.90. The van der Waals surface area contributed by atoms with Crippen LogP contribution in [0.25, 0.3) is 0 Å². The molecule has 100 valence electrons. The van der Waals surface area contributed by atoms with Crippen LogP contribution in [0.2, 0.25) is 0 Å². The lowest BCUT2D eigenvalue weighted by molar-refractivity contribution is 0.597. The van der Waals surface area contributed by atoms with E-state index >= 15 is 0 Å². The van der Waals surface area contributed by atoms with Crippen LogP contribution in [0, 0.1) is 12.7 Å². The van der Waals surface area contributed by atoms with Crippen molar-refractivity contribution in [1.82, 2.24) is 4.98 Å². The highest BCUT2D eigenvalue weighted by Gasteiger charge is 2.19. The smallest absolute Gasteiger partial charge is 0.264 e. The number of halogens is 1. The molecule has 0 amide bonds. The van der Waals surface area contributed by atoms with E-state index < -0.39 is 21.5 Å². The molecule has 2 aromatic rings. The Kier molecular flexibility index (Phi) is 3.39. The first-order valence-corrected chi connectivity index (χ1v) is 6.88. The number of anilines is 2. The Morgan fingerprint density at radius 3 is 2.63 bits per heavy atom. The lowest BCUT2D eigenvalue weighted by atomic mass is 10.3. The number of nitrogens with two attached hydrogens (primary N) is 1. The number of aromatic nitrogens is 1. The van der Waals surface area contributed by atoms with E-state index in [1.54, 1.807) is 19.1 Å². The average molecular weight is 281 g/mol. The summed E-state index contributed by atoms with van der Waals surface area (Å²) in [4.78, 5) is 3.67. The Hall–Kier alpha value is -2.15. The summed E-state index contributed by atoms with van der Waals surface area (Å²) in [6, 6.07) is 6.85. The van der Waals surface area contributed by atoms with Gasteiger partial charge in [0.1, 0.15) is 10.7 Å². The second kappa shape index (κ2) is 4.85. The van der Waals surface area contributed by atoms with Crippen LogP contribution in [0.3, 0.4) is 0 Å². The van der Waals surface area contributed by atoms with Crippen molar-refractivity contribution in [3.05, 3.63) is 48.0 Å². The van der Waals surface area contributed by atoms with Crippen LogP contribution >= 0.6 is 0 Å². The average Bonchev–Trinajstić information content (AvgIpc) is 2.35. The number of nitrogen functional groups attached to an aromatic ring is 1. The number of hydrogen-bond donors (Lipinski definition) is 2. The van der Waals surface area contributed by atoms with Crippen molar-refractivity contribution in [3.63, 3.8) is 0 Å². The number of sulfonamides is 1. The maximum atomic E-state index is 13.3. The van der Waals surface area contributed by atoms with Crippen molar-refractivity contribution in [3.8, 4) is 0 Å². The summed E-state index contributed by atoms with van der Waals surface area (Å²) in [7, 11) is -3.93. The van der Waals surface area contributed by atoms with Crippen molar-refractivity contribution in [2.45, 2.75) is 11.8 Å². The minimum Gasteiger partial charge on any atom is -0.395 e. The van der Waals surface area contributed by atoms with Gasteiger partial charge in [-0.3, -0.25) is 9.71 Å². The van der Waals surface area contributed by atoms with Gasteiger partial charge in [0.15, 0.2) is 0 Å². The predicted octanol–water partition coefficient (Wildman–Crippen LogP) is 1.91. The monoisotopic (exact) mass is 281 g/mol. The van der Waals surface area contributed by atoms with Crippen LogP contribution in [0.15, 0.2) is 41.4 Å². The molecule has 0 fully saturated rings. The van der Waals surface area contributed by atoms with Crippen LogP contribution < -0.4 is 10.5 Å². The lowest BCUT2D eigenvalue weighted by Crippen LogP contribution is -2.15. The summed E-state index contributed by atoms with van der Waals surface area (Å²) in [6.07, 6.45) is 1.38. The van der Waals surface area contributed by atoms with Crippen LogP contribution in [0.5, 0.6) is 0 Å². The molecule has 2 rings (SSSR count). The molecule has 7 heteroatoms. The van der Waals surface area contributed by atoms with Gasteiger partial charge < -0.3 is 5.73 Å². The van der Waals surface area contributed by atoms with Gasteiger partial charge in [-0.15, -0.1) is 0 Å². The van der Waals surface area contributed by atoms with E-state index in [2.05, 4.69) is 9.71 Å². The number of nitrogens with one attached hydrogen (secondary N) is 1. The van der Waals surface area contributed by atoms with Gasteiger partial charge in [0, 0.05) is 5.69 Å². The minimum absolute atomic E-state index is 0.286. The molecule has 1 aromatic heterocycles. The maximum absolute atomic E-state index is 13.3. The summed E-state index contributed by atoms with van der Waals surface area (Å²) >= 11 is 0. The van der Waals surface area contributed by atoms with Gasteiger partial charge in [-0.1, -0.05) is 6.07 Å². The lowest BCUT2D eigenvalue weighted by Gasteiger charge is -2.10. The number of hydrogen-bond acceptors (Lipinski definition) is 4. The molecule has 3 N–H and O–H groups in total. The molecule has 0 aliphatic heterocycles. The highest BCUT2D eigenvalue weighted by atomic mass is 32.2. The number of para-hydroxylation sites is 1. The number of benzene rings is 1. The molecule has 0 aliphatic carbocycles. The zero-order chi connectivity index (χ0) is 14.0. The molecule has 19 heavy (non-hydrogen) atoms. The molecule has 0 saturated carbocycles. The van der Waals surface area contributed by atoms with Crippen LogP contribution in [0.1, 0.15) is 5.69 Å². The van der Waals surface area contributed by atoms with E-state index in [1.165, 1.54) is 18.3 Å². The fourth-order valence-corrected chi connectivity index (χ4v) is 2.68. The van der Waals surface area contributed by atoms with Crippen LogP contribution in [0.4, 0.5) is 15.8 Å². The van der Waals surface area contributed by atoms with E-state index in [9.17, 15) is 12.8 Å². The molecule has 0 unspecified atom stereocenters. The third-order valence-corrected chi connectivity index (χ3v) is 3.91. The first-order valence-electron chi connectivity index (χ1n) is 5.39. The Morgan fingerprint density at radius 2 is 2.00 bits per heavy atom. The number of aryl methyl sites for hydroxylation is 1. The van der Waals surface area contributed by atoms with Gasteiger partial charge in [0.25, 0.3) is 10.0 Å². The largest absolute Gasteiger partial charge is 0.395 e. The van der Waals surface area contributed by atoms with Crippen molar-refractivity contribution >= 4 is 21.4 Å². The molecule has 5 nitrogen and oxygen atoms in total. The van der Waals surface area contributed by atoms with Gasteiger partial charge in [0.05, 0.1) is 17.6 Å². The highest BCUT2D eigenvalue weighted by Crippen LogP contribution is 2.23. The molecule has 0 saturated heterocycles. The quantitative estimate of drug-likeness (QED) is 0.842. The van der Waals surface area contributed by atoms with Crippen molar-refractivity contribution < 1.29 is 12.8 Å². The molecule has 0 radical (unpaired) electrons. The zero-order valence-corrected chi connectivity index (χ0v) is 10.9. The van der Waals surface area contributed by atoms with E-state index in [4.69, 9.17) is 5.73 Å². The predicted molar refractivity (Wildman–Crippen MR) is 70.6 cm³/mol. The zero-order valence-electron chi connectivity index (χ0n) is 10.1. The summed E-state index contributed by atoms with van der Waals surface area (Å²) in [5, 5.41) is 0. The van der Waals surface area contributed by atoms with Gasteiger partial charge in [-0.05, 0) is 31.2 Å². The normalized spacial score (nSPS) is 11.3. The molecule has 1 aromatic carbocycles. The van der Waals surface area contributed by atoms with Crippen molar-refractivity contribution in [2.24, 2.45) is 0 Å². The van der Waals surface area contributed by atoms with E-state index in [0.717, 1.165) is 11.8 Å². The fourth-order valence-electron chi connectivity index (χ4n) is 1.49. The Balaban J connectivity index is 2.38. The highest BCUT2D eigenvalue weighted by molar-refractivity contribution is 7.92. The molecule has 1 heterocycles. The summed E-state index contributed by atoms with van der Waals surface area (Å²) in [6.45, 7) is 1.78. The first kappa shape index (κ1) is 13.3. The SMILES string of the molecule is Cc1ccc(NS(=O)(=O)c2cccc(F)c2N)cn1. The Labute approximate surface area is 110 Å².